The predicted octanol–water partition coefficient (Wildman–Crippen LogP) is 3.74. The number of aryl methyl sites for hydroxylation is 2. The van der Waals surface area contributed by atoms with Crippen LogP contribution in [-0.2, 0) is 6.42 Å². The highest BCUT2D eigenvalue weighted by molar-refractivity contribution is 6.04. The number of hydrogen-bond acceptors (Lipinski definition) is 2. The Labute approximate surface area is 131 Å². The van der Waals surface area contributed by atoms with Gasteiger partial charge in [-0.05, 0) is 37.6 Å². The molecule has 0 atom stereocenters. The van der Waals surface area contributed by atoms with Crippen molar-refractivity contribution < 1.29 is 13.6 Å². The lowest BCUT2D eigenvalue weighted by Crippen LogP contribution is -2.13. The molecule has 0 unspecified atom stereocenters. The number of hydrogen-bond donors (Lipinski definition) is 1. The van der Waals surface area contributed by atoms with Crippen LogP contribution in [0.3, 0.4) is 0 Å². The molecule has 0 saturated carbocycles. The number of halogens is 2. The number of nitrogens with one attached hydrogen (secondary N) is 1. The zero-order valence-corrected chi connectivity index (χ0v) is 12.7. The first-order chi connectivity index (χ1) is 11.0. The minimum atomic E-state index is -1.00. The van der Waals surface area contributed by atoms with Crippen molar-refractivity contribution in [1.82, 2.24) is 9.38 Å². The molecule has 2 heterocycles. The number of benzene rings is 1. The van der Waals surface area contributed by atoms with E-state index in [1.807, 2.05) is 18.2 Å². The largest absolute Gasteiger partial charge is 0.322 e. The first-order valence-electron chi connectivity index (χ1n) is 7.23. The van der Waals surface area contributed by atoms with Crippen molar-refractivity contribution in [2.45, 2.75) is 20.3 Å². The van der Waals surface area contributed by atoms with E-state index in [0.29, 0.717) is 5.56 Å². The third-order valence-electron chi connectivity index (χ3n) is 3.73. The van der Waals surface area contributed by atoms with Crippen molar-refractivity contribution in [3.63, 3.8) is 0 Å². The minimum absolute atomic E-state index is 0.200. The van der Waals surface area contributed by atoms with E-state index in [4.69, 9.17) is 0 Å². The Bertz CT molecular complexity index is 902. The van der Waals surface area contributed by atoms with Crippen molar-refractivity contribution in [2.75, 3.05) is 5.32 Å². The number of fused-ring (bicyclic) bond motifs is 1. The molecular formula is C17H15F2N3O. The molecule has 0 aliphatic rings. The highest BCUT2D eigenvalue weighted by Gasteiger charge is 2.12. The van der Waals surface area contributed by atoms with Crippen LogP contribution in [0.1, 0.15) is 28.7 Å². The fourth-order valence-corrected chi connectivity index (χ4v) is 2.46. The quantitative estimate of drug-likeness (QED) is 0.800. The lowest BCUT2D eigenvalue weighted by molar-refractivity contribution is 0.102. The van der Waals surface area contributed by atoms with Gasteiger partial charge < -0.3 is 9.72 Å². The van der Waals surface area contributed by atoms with Crippen molar-refractivity contribution >= 4 is 17.2 Å². The van der Waals surface area contributed by atoms with Gasteiger partial charge in [-0.3, -0.25) is 4.79 Å². The maximum absolute atomic E-state index is 13.2. The summed E-state index contributed by atoms with van der Waals surface area (Å²) in [5, 5.41) is 2.55. The molecule has 1 N–H and O–H groups in total. The second-order valence-corrected chi connectivity index (χ2v) is 5.23. The van der Waals surface area contributed by atoms with Crippen molar-refractivity contribution in [3.05, 3.63) is 65.1 Å². The van der Waals surface area contributed by atoms with Gasteiger partial charge in [-0.15, -0.1) is 0 Å². The van der Waals surface area contributed by atoms with Crippen molar-refractivity contribution in [3.8, 4) is 0 Å². The van der Waals surface area contributed by atoms with E-state index in [1.165, 1.54) is 6.07 Å². The average molecular weight is 315 g/mol. The number of carbonyl (C=O) groups excluding carboxylic acids is 1. The molecule has 23 heavy (non-hydrogen) atoms. The maximum atomic E-state index is 13.2. The zero-order chi connectivity index (χ0) is 16.6. The minimum Gasteiger partial charge on any atom is -0.322 e. The summed E-state index contributed by atoms with van der Waals surface area (Å²) in [6, 6.07) is 6.64. The summed E-state index contributed by atoms with van der Waals surface area (Å²) in [6.07, 6.45) is 2.50. The number of carbonyl (C=O) groups is 1. The summed E-state index contributed by atoms with van der Waals surface area (Å²) < 4.78 is 28.0. The number of anilines is 1. The van der Waals surface area contributed by atoms with Gasteiger partial charge in [0.2, 0.25) is 0 Å². The van der Waals surface area contributed by atoms with E-state index < -0.39 is 17.5 Å². The summed E-state index contributed by atoms with van der Waals surface area (Å²) in [5.74, 6) is -2.36. The second kappa shape index (κ2) is 5.79. The van der Waals surface area contributed by atoms with Gasteiger partial charge in [0.15, 0.2) is 11.6 Å². The SMILES string of the molecule is CCc1nc2ccc(C(=O)Nc3ccc(F)c(F)c3)cn2c1C. The van der Waals surface area contributed by atoms with Crippen molar-refractivity contribution in [1.29, 1.82) is 0 Å². The number of nitrogens with zero attached hydrogens (tertiary/aromatic N) is 2. The molecule has 0 aliphatic carbocycles. The first-order valence-corrected chi connectivity index (χ1v) is 7.23. The number of imidazole rings is 1. The Morgan fingerprint density at radius 2 is 2.00 bits per heavy atom. The fourth-order valence-electron chi connectivity index (χ4n) is 2.46. The molecule has 1 amide bonds. The Morgan fingerprint density at radius 1 is 1.22 bits per heavy atom. The Hall–Kier alpha value is -2.76. The van der Waals surface area contributed by atoms with Crippen LogP contribution in [0.2, 0.25) is 0 Å². The molecular weight excluding hydrogens is 300 g/mol. The Morgan fingerprint density at radius 3 is 2.70 bits per heavy atom. The monoisotopic (exact) mass is 315 g/mol. The molecule has 2 aromatic heterocycles. The molecule has 3 aromatic rings. The van der Waals surface area contributed by atoms with Crippen LogP contribution in [0.15, 0.2) is 36.5 Å². The number of aromatic nitrogens is 2. The van der Waals surface area contributed by atoms with Crippen LogP contribution < -0.4 is 5.32 Å². The Balaban J connectivity index is 1.91. The zero-order valence-electron chi connectivity index (χ0n) is 12.7. The summed E-state index contributed by atoms with van der Waals surface area (Å²) in [4.78, 5) is 16.8. The van der Waals surface area contributed by atoms with Gasteiger partial charge in [0.1, 0.15) is 5.65 Å². The highest BCUT2D eigenvalue weighted by atomic mass is 19.2. The molecule has 0 spiro atoms. The van der Waals surface area contributed by atoms with E-state index in [9.17, 15) is 13.6 Å². The van der Waals surface area contributed by atoms with Crippen LogP contribution in [0, 0.1) is 18.6 Å². The summed E-state index contributed by atoms with van der Waals surface area (Å²) >= 11 is 0. The predicted molar refractivity (Wildman–Crippen MR) is 83.6 cm³/mol. The standard InChI is InChI=1S/C17H15F2N3O/c1-3-15-10(2)22-9-11(4-7-16(22)21-15)17(23)20-12-5-6-13(18)14(19)8-12/h4-9H,3H2,1-2H3,(H,20,23). The lowest BCUT2D eigenvalue weighted by Gasteiger charge is -2.07. The molecule has 1 aromatic carbocycles. The second-order valence-electron chi connectivity index (χ2n) is 5.23. The van der Waals surface area contributed by atoms with E-state index in [2.05, 4.69) is 10.3 Å². The van der Waals surface area contributed by atoms with E-state index >= 15 is 0 Å². The average Bonchev–Trinajstić information content (AvgIpc) is 2.86. The fraction of sp³-hybridized carbons (Fsp3) is 0.176. The number of amides is 1. The number of pyridine rings is 1. The van der Waals surface area contributed by atoms with Gasteiger partial charge in [-0.2, -0.15) is 0 Å². The van der Waals surface area contributed by atoms with E-state index in [-0.39, 0.29) is 5.69 Å². The maximum Gasteiger partial charge on any atom is 0.257 e. The normalized spacial score (nSPS) is 11.0. The topological polar surface area (TPSA) is 46.4 Å². The molecule has 118 valence electrons. The van der Waals surface area contributed by atoms with Gasteiger partial charge in [0.25, 0.3) is 5.91 Å². The van der Waals surface area contributed by atoms with Gasteiger partial charge in [-0.1, -0.05) is 6.92 Å². The van der Waals surface area contributed by atoms with Crippen LogP contribution in [-0.4, -0.2) is 15.3 Å². The molecule has 0 fully saturated rings. The van der Waals surface area contributed by atoms with Gasteiger partial charge in [-0.25, -0.2) is 13.8 Å². The molecule has 0 aliphatic heterocycles. The molecule has 0 bridgehead atoms. The van der Waals surface area contributed by atoms with E-state index in [1.54, 1.807) is 18.3 Å². The summed E-state index contributed by atoms with van der Waals surface area (Å²) in [5.41, 5.74) is 3.33. The van der Waals surface area contributed by atoms with Crippen molar-refractivity contribution in [2.24, 2.45) is 0 Å². The first kappa shape index (κ1) is 15.1. The van der Waals surface area contributed by atoms with Gasteiger partial charge in [0, 0.05) is 23.6 Å². The van der Waals surface area contributed by atoms with E-state index in [0.717, 1.165) is 35.6 Å². The van der Waals surface area contributed by atoms with Crippen LogP contribution >= 0.6 is 0 Å². The molecule has 0 saturated heterocycles. The Kier molecular flexibility index (Phi) is 3.82. The third kappa shape index (κ3) is 2.79. The third-order valence-corrected chi connectivity index (χ3v) is 3.73. The molecule has 6 heteroatoms. The summed E-state index contributed by atoms with van der Waals surface area (Å²) in [7, 11) is 0. The summed E-state index contributed by atoms with van der Waals surface area (Å²) in [6.45, 7) is 3.96. The smallest absolute Gasteiger partial charge is 0.257 e. The molecule has 4 nitrogen and oxygen atoms in total. The lowest BCUT2D eigenvalue weighted by atomic mass is 10.2. The van der Waals surface area contributed by atoms with Gasteiger partial charge in [0.05, 0.1) is 11.3 Å². The van der Waals surface area contributed by atoms with Crippen LogP contribution in [0.25, 0.3) is 5.65 Å². The highest BCUT2D eigenvalue weighted by Crippen LogP contribution is 2.17. The number of rotatable bonds is 3. The molecule has 0 radical (unpaired) electrons. The van der Waals surface area contributed by atoms with Crippen LogP contribution in [0.4, 0.5) is 14.5 Å². The molecule has 3 rings (SSSR count). The van der Waals surface area contributed by atoms with Crippen LogP contribution in [0.5, 0.6) is 0 Å². The van der Waals surface area contributed by atoms with Gasteiger partial charge >= 0.3 is 0 Å².